The quantitative estimate of drug-likeness (QED) is 0.460. The summed E-state index contributed by atoms with van der Waals surface area (Å²) in [6.07, 6.45) is 0.691. The van der Waals surface area contributed by atoms with Crippen LogP contribution in [0.4, 0.5) is 10.1 Å². The summed E-state index contributed by atoms with van der Waals surface area (Å²) in [7, 11) is -3.71. The molecule has 0 aliphatic carbocycles. The van der Waals surface area contributed by atoms with Gasteiger partial charge in [0.15, 0.2) is 0 Å². The van der Waals surface area contributed by atoms with Crippen molar-refractivity contribution in [2.45, 2.75) is 18.2 Å². The van der Waals surface area contributed by atoms with E-state index < -0.39 is 10.0 Å². The van der Waals surface area contributed by atoms with Gasteiger partial charge in [-0.3, -0.25) is 4.31 Å². The third-order valence-electron chi connectivity index (χ3n) is 5.02. The summed E-state index contributed by atoms with van der Waals surface area (Å²) in [5, 5.41) is 3.94. The number of halogens is 1. The SMILES string of the molecule is Cc1sc(-c2nc(-c3ccc(F)cc3)no2)cc1S(=O)(=O)N1CCc2ccccc21. The number of para-hydroxylation sites is 1. The first-order chi connectivity index (χ1) is 14.4. The summed E-state index contributed by atoms with van der Waals surface area (Å²) in [5.41, 5.74) is 2.36. The summed E-state index contributed by atoms with van der Waals surface area (Å²) in [5.74, 6) is 0.189. The summed E-state index contributed by atoms with van der Waals surface area (Å²) in [6, 6.07) is 14.9. The van der Waals surface area contributed by atoms with Gasteiger partial charge < -0.3 is 4.52 Å². The van der Waals surface area contributed by atoms with Crippen molar-refractivity contribution >= 4 is 27.0 Å². The average Bonchev–Trinajstić information content (AvgIpc) is 3.46. The van der Waals surface area contributed by atoms with Gasteiger partial charge >= 0.3 is 0 Å². The Balaban J connectivity index is 1.49. The number of anilines is 1. The van der Waals surface area contributed by atoms with Gasteiger partial charge in [0.2, 0.25) is 5.82 Å². The molecule has 0 spiro atoms. The fourth-order valence-corrected chi connectivity index (χ4v) is 6.53. The van der Waals surface area contributed by atoms with E-state index in [1.165, 1.54) is 27.8 Å². The Hall–Kier alpha value is -3.04. The molecule has 2 aromatic heterocycles. The molecule has 152 valence electrons. The van der Waals surface area contributed by atoms with Crippen molar-refractivity contribution in [2.24, 2.45) is 0 Å². The molecule has 5 rings (SSSR count). The van der Waals surface area contributed by atoms with E-state index in [0.717, 1.165) is 11.3 Å². The van der Waals surface area contributed by atoms with Crippen molar-refractivity contribution in [1.82, 2.24) is 10.1 Å². The first-order valence-electron chi connectivity index (χ1n) is 9.24. The highest BCUT2D eigenvalue weighted by Gasteiger charge is 2.33. The van der Waals surface area contributed by atoms with Crippen molar-refractivity contribution in [3.63, 3.8) is 0 Å². The van der Waals surface area contributed by atoms with Crippen LogP contribution in [0.1, 0.15) is 10.4 Å². The monoisotopic (exact) mass is 441 g/mol. The maximum atomic E-state index is 13.4. The lowest BCUT2D eigenvalue weighted by Gasteiger charge is -2.19. The molecule has 9 heteroatoms. The molecule has 0 atom stereocenters. The normalized spacial score (nSPS) is 13.6. The zero-order chi connectivity index (χ0) is 20.9. The molecule has 1 aliphatic heterocycles. The predicted molar refractivity (Wildman–Crippen MR) is 112 cm³/mol. The molecule has 0 radical (unpaired) electrons. The zero-order valence-corrected chi connectivity index (χ0v) is 17.5. The number of hydrogen-bond donors (Lipinski definition) is 0. The van der Waals surface area contributed by atoms with E-state index in [1.807, 2.05) is 24.3 Å². The van der Waals surface area contributed by atoms with E-state index in [4.69, 9.17) is 4.52 Å². The summed E-state index contributed by atoms with van der Waals surface area (Å²) in [6.45, 7) is 2.18. The van der Waals surface area contributed by atoms with Gasteiger partial charge in [-0.25, -0.2) is 12.8 Å². The molecule has 1 aliphatic rings. The van der Waals surface area contributed by atoms with Gasteiger partial charge in [0.05, 0.1) is 10.6 Å². The number of thiophene rings is 1. The molecule has 0 bridgehead atoms. The van der Waals surface area contributed by atoms with Gasteiger partial charge in [-0.05, 0) is 55.3 Å². The summed E-state index contributed by atoms with van der Waals surface area (Å²) in [4.78, 5) is 5.81. The van der Waals surface area contributed by atoms with Crippen LogP contribution in [0, 0.1) is 12.7 Å². The molecule has 0 saturated carbocycles. The van der Waals surface area contributed by atoms with E-state index in [0.29, 0.717) is 34.1 Å². The highest BCUT2D eigenvalue weighted by Crippen LogP contribution is 2.38. The van der Waals surface area contributed by atoms with Crippen LogP contribution in [-0.2, 0) is 16.4 Å². The summed E-state index contributed by atoms with van der Waals surface area (Å²) < 4.78 is 46.6. The number of aryl methyl sites for hydroxylation is 1. The Labute approximate surface area is 176 Å². The predicted octanol–water partition coefficient (Wildman–Crippen LogP) is 4.66. The number of nitrogens with zero attached hydrogens (tertiary/aromatic N) is 3. The third-order valence-corrected chi connectivity index (χ3v) is 8.13. The lowest BCUT2D eigenvalue weighted by molar-refractivity contribution is 0.433. The fourth-order valence-electron chi connectivity index (χ4n) is 3.54. The van der Waals surface area contributed by atoms with Crippen LogP contribution in [0.3, 0.4) is 0 Å². The molecular formula is C21H16FN3O3S2. The van der Waals surface area contributed by atoms with Gasteiger partial charge in [-0.15, -0.1) is 11.3 Å². The first-order valence-corrected chi connectivity index (χ1v) is 11.5. The van der Waals surface area contributed by atoms with E-state index >= 15 is 0 Å². The number of sulfonamides is 1. The minimum atomic E-state index is -3.71. The molecule has 4 aromatic rings. The van der Waals surface area contributed by atoms with Crippen LogP contribution < -0.4 is 4.31 Å². The van der Waals surface area contributed by atoms with Gasteiger partial charge in [-0.2, -0.15) is 4.98 Å². The van der Waals surface area contributed by atoms with Crippen LogP contribution in [0.2, 0.25) is 0 Å². The Morgan fingerprint density at radius 1 is 1.13 bits per heavy atom. The molecule has 0 fully saturated rings. The number of fused-ring (bicyclic) bond motifs is 1. The van der Waals surface area contributed by atoms with E-state index in [2.05, 4.69) is 10.1 Å². The van der Waals surface area contributed by atoms with Gasteiger partial charge in [0, 0.05) is 17.0 Å². The van der Waals surface area contributed by atoms with Gasteiger partial charge in [-0.1, -0.05) is 23.4 Å². The van der Waals surface area contributed by atoms with Crippen LogP contribution in [0.5, 0.6) is 0 Å². The molecule has 2 aromatic carbocycles. The highest BCUT2D eigenvalue weighted by atomic mass is 32.2. The summed E-state index contributed by atoms with van der Waals surface area (Å²) >= 11 is 1.28. The molecule has 0 unspecified atom stereocenters. The number of hydrogen-bond acceptors (Lipinski definition) is 6. The standard InChI is InChI=1S/C21H16FN3O3S2/c1-13-19(30(26,27)25-11-10-14-4-2-3-5-17(14)25)12-18(29-13)21-23-20(24-28-21)15-6-8-16(22)9-7-15/h2-9,12H,10-11H2,1H3. The minimum absolute atomic E-state index is 0.227. The Morgan fingerprint density at radius 2 is 1.90 bits per heavy atom. The van der Waals surface area contributed by atoms with E-state index in [-0.39, 0.29) is 16.6 Å². The molecule has 3 heterocycles. The Bertz CT molecular complexity index is 1340. The molecule has 0 saturated heterocycles. The van der Waals surface area contributed by atoms with Crippen molar-refractivity contribution in [1.29, 1.82) is 0 Å². The first kappa shape index (κ1) is 19.0. The van der Waals surface area contributed by atoms with E-state index in [9.17, 15) is 12.8 Å². The molecule has 0 N–H and O–H groups in total. The maximum absolute atomic E-state index is 13.4. The number of rotatable bonds is 4. The molecule has 30 heavy (non-hydrogen) atoms. The molecular weight excluding hydrogens is 425 g/mol. The number of benzene rings is 2. The van der Waals surface area contributed by atoms with Crippen molar-refractivity contribution in [3.8, 4) is 22.2 Å². The fraction of sp³-hybridized carbons (Fsp3) is 0.143. The van der Waals surface area contributed by atoms with Crippen molar-refractivity contribution < 1.29 is 17.3 Å². The van der Waals surface area contributed by atoms with Crippen LogP contribution in [0.15, 0.2) is 64.0 Å². The van der Waals surface area contributed by atoms with Gasteiger partial charge in [0.1, 0.15) is 10.7 Å². The van der Waals surface area contributed by atoms with Crippen molar-refractivity contribution in [2.75, 3.05) is 10.8 Å². The van der Waals surface area contributed by atoms with Gasteiger partial charge in [0.25, 0.3) is 15.9 Å². The minimum Gasteiger partial charge on any atom is -0.333 e. The highest BCUT2D eigenvalue weighted by molar-refractivity contribution is 7.93. The largest absolute Gasteiger partial charge is 0.333 e. The van der Waals surface area contributed by atoms with Crippen LogP contribution >= 0.6 is 11.3 Å². The second-order valence-corrected chi connectivity index (χ2v) is 10.0. The second kappa shape index (κ2) is 7.03. The topological polar surface area (TPSA) is 76.3 Å². The maximum Gasteiger partial charge on any atom is 0.268 e. The smallest absolute Gasteiger partial charge is 0.268 e. The third kappa shape index (κ3) is 3.10. The van der Waals surface area contributed by atoms with Crippen molar-refractivity contribution in [3.05, 3.63) is 70.9 Å². The van der Waals surface area contributed by atoms with Crippen LogP contribution in [-0.4, -0.2) is 25.1 Å². The Kier molecular flexibility index (Phi) is 4.44. The molecule has 0 amide bonds. The Morgan fingerprint density at radius 3 is 2.70 bits per heavy atom. The number of aromatic nitrogens is 2. The molecule has 6 nitrogen and oxygen atoms in total. The average molecular weight is 442 g/mol. The van der Waals surface area contributed by atoms with E-state index in [1.54, 1.807) is 25.1 Å². The second-order valence-electron chi connectivity index (χ2n) is 6.92. The zero-order valence-electron chi connectivity index (χ0n) is 15.9. The lowest BCUT2D eigenvalue weighted by Crippen LogP contribution is -2.29. The lowest BCUT2D eigenvalue weighted by atomic mass is 10.2. The van der Waals surface area contributed by atoms with Crippen LogP contribution in [0.25, 0.3) is 22.2 Å².